The van der Waals surface area contributed by atoms with Crippen LogP contribution in [0.4, 0.5) is 0 Å². The van der Waals surface area contributed by atoms with Gasteiger partial charge in [0.2, 0.25) is 0 Å². The van der Waals surface area contributed by atoms with Crippen molar-refractivity contribution in [3.05, 3.63) is 144 Å². The lowest BCUT2D eigenvalue weighted by Crippen LogP contribution is -2.02. The molecule has 4 nitrogen and oxygen atoms in total. The van der Waals surface area contributed by atoms with Crippen molar-refractivity contribution in [2.75, 3.05) is 0 Å². The van der Waals surface area contributed by atoms with E-state index in [-0.39, 0.29) is 5.92 Å². The van der Waals surface area contributed by atoms with Crippen LogP contribution in [0.1, 0.15) is 56.3 Å². The first-order valence-corrected chi connectivity index (χ1v) is 13.5. The highest BCUT2D eigenvalue weighted by Gasteiger charge is 2.13. The van der Waals surface area contributed by atoms with E-state index < -0.39 is 0 Å². The van der Waals surface area contributed by atoms with Crippen LogP contribution in [0.25, 0.3) is 33.9 Å². The van der Waals surface area contributed by atoms with Crippen molar-refractivity contribution in [2.24, 2.45) is 0 Å². The molecule has 0 bridgehead atoms. The minimum absolute atomic E-state index is 0.201. The summed E-state index contributed by atoms with van der Waals surface area (Å²) < 4.78 is 0. The Morgan fingerprint density at radius 2 is 1.57 bits per heavy atom. The minimum Gasteiger partial charge on any atom is -0.261 e. The van der Waals surface area contributed by atoms with Gasteiger partial charge in [-0.25, -0.2) is 15.0 Å². The molecule has 0 N–H and O–H groups in total. The summed E-state index contributed by atoms with van der Waals surface area (Å²) in [6.45, 7) is 14.4. The maximum Gasteiger partial charge on any atom is 0.164 e. The molecule has 0 aliphatic heterocycles. The van der Waals surface area contributed by atoms with Crippen LogP contribution in [0.3, 0.4) is 0 Å². The predicted molar refractivity (Wildman–Crippen MR) is 168 cm³/mol. The van der Waals surface area contributed by atoms with Gasteiger partial charge in [-0.3, -0.25) is 4.98 Å². The van der Waals surface area contributed by atoms with Crippen LogP contribution in [0, 0.1) is 6.92 Å². The second-order valence-electron chi connectivity index (χ2n) is 9.97. The highest BCUT2D eigenvalue weighted by Crippen LogP contribution is 2.27. The second-order valence-corrected chi connectivity index (χ2v) is 9.97. The summed E-state index contributed by atoms with van der Waals surface area (Å²) >= 11 is 0. The Bertz CT molecular complexity index is 1590. The maximum absolute atomic E-state index is 4.91. The first-order valence-electron chi connectivity index (χ1n) is 13.5. The fraction of sp³-hybridized carbons (Fsp3) is 0.167. The molecule has 2 aromatic carbocycles. The van der Waals surface area contributed by atoms with Crippen molar-refractivity contribution in [3.8, 4) is 22.8 Å². The highest BCUT2D eigenvalue weighted by atomic mass is 15.0. The normalized spacial score (nSPS) is 12.8. The van der Waals surface area contributed by atoms with Crippen molar-refractivity contribution < 1.29 is 0 Å². The van der Waals surface area contributed by atoms with E-state index in [1.54, 1.807) is 6.08 Å². The van der Waals surface area contributed by atoms with E-state index in [4.69, 9.17) is 15.0 Å². The van der Waals surface area contributed by atoms with Crippen LogP contribution < -0.4 is 0 Å². The number of allylic oxidation sites excluding steroid dienone is 9. The fourth-order valence-electron chi connectivity index (χ4n) is 4.15. The molecular formula is C36H36N4. The number of aryl methyl sites for hydroxylation is 1. The van der Waals surface area contributed by atoms with Gasteiger partial charge in [-0.15, -0.1) is 0 Å². The zero-order valence-electron chi connectivity index (χ0n) is 24.0. The zero-order valence-corrected chi connectivity index (χ0v) is 24.0. The van der Waals surface area contributed by atoms with Gasteiger partial charge in [0.25, 0.3) is 0 Å². The van der Waals surface area contributed by atoms with E-state index in [0.717, 1.165) is 33.5 Å². The van der Waals surface area contributed by atoms with Gasteiger partial charge in [0.15, 0.2) is 17.5 Å². The van der Waals surface area contributed by atoms with Crippen LogP contribution in [-0.2, 0) is 0 Å². The van der Waals surface area contributed by atoms with Crippen LogP contribution in [-0.4, -0.2) is 19.9 Å². The summed E-state index contributed by atoms with van der Waals surface area (Å²) in [4.78, 5) is 19.1. The molecule has 0 aliphatic rings. The van der Waals surface area contributed by atoms with Gasteiger partial charge in [0.1, 0.15) is 0 Å². The molecule has 4 heteroatoms. The number of benzene rings is 2. The standard InChI is InChI=1S/C36H36N4/c1-7-28(22-18-27(6)33-14-9-10-23-37-33)31-12-11-13-32(24-31)36-39-34(29(8-2)19-15-25(3)4)38-35(40-36)30-20-16-26(5)17-21-30/h7-24,27H,2H2,1,3-6H3/b22-18-,28-7+,29-19+/t27-/m0/s1. The van der Waals surface area contributed by atoms with Gasteiger partial charge in [-0.05, 0) is 57.0 Å². The Hall–Kier alpha value is -4.70. The molecule has 40 heavy (non-hydrogen) atoms. The molecule has 4 rings (SSSR count). The van der Waals surface area contributed by atoms with E-state index in [1.165, 1.54) is 11.1 Å². The van der Waals surface area contributed by atoms with Crippen LogP contribution in [0.2, 0.25) is 0 Å². The van der Waals surface area contributed by atoms with Crippen molar-refractivity contribution in [2.45, 2.75) is 40.5 Å². The number of pyridine rings is 1. The molecule has 0 spiro atoms. The lowest BCUT2D eigenvalue weighted by molar-refractivity contribution is 0.907. The summed E-state index contributed by atoms with van der Waals surface area (Å²) in [5, 5.41) is 0. The average Bonchev–Trinajstić information content (AvgIpc) is 2.98. The SMILES string of the molecule is C=C/C(=C\C=C(C)C)c1nc(-c2ccc(C)cc2)nc(-c2cccc(C(/C=C\[C@H](C)c3ccccn3)=C/C)c2)n1. The molecule has 1 atom stereocenters. The molecule has 0 fully saturated rings. The van der Waals surface area contributed by atoms with Gasteiger partial charge in [0, 0.05) is 34.5 Å². The summed E-state index contributed by atoms with van der Waals surface area (Å²) in [5.74, 6) is 2.04. The first kappa shape index (κ1) is 28.3. The minimum atomic E-state index is 0.201. The smallest absolute Gasteiger partial charge is 0.164 e. The molecule has 0 aliphatic carbocycles. The van der Waals surface area contributed by atoms with Crippen molar-refractivity contribution in [3.63, 3.8) is 0 Å². The molecule has 2 heterocycles. The van der Waals surface area contributed by atoms with Gasteiger partial charge >= 0.3 is 0 Å². The van der Waals surface area contributed by atoms with E-state index in [0.29, 0.717) is 17.5 Å². The number of hydrogen-bond acceptors (Lipinski definition) is 4. The third-order valence-electron chi connectivity index (χ3n) is 6.50. The van der Waals surface area contributed by atoms with Gasteiger partial charge in [0.05, 0.1) is 0 Å². The van der Waals surface area contributed by atoms with E-state index in [2.05, 4.69) is 94.7 Å². The number of hydrogen-bond donors (Lipinski definition) is 0. The van der Waals surface area contributed by atoms with E-state index >= 15 is 0 Å². The number of rotatable bonds is 9. The van der Waals surface area contributed by atoms with Gasteiger partial charge < -0.3 is 0 Å². The zero-order chi connectivity index (χ0) is 28.5. The van der Waals surface area contributed by atoms with Crippen molar-refractivity contribution in [1.29, 1.82) is 0 Å². The van der Waals surface area contributed by atoms with E-state index in [9.17, 15) is 0 Å². The molecule has 2 aromatic heterocycles. The second kappa shape index (κ2) is 13.4. The third kappa shape index (κ3) is 7.23. The predicted octanol–water partition coefficient (Wildman–Crippen LogP) is 9.21. The van der Waals surface area contributed by atoms with Crippen molar-refractivity contribution in [1.82, 2.24) is 19.9 Å². The summed E-state index contributed by atoms with van der Waals surface area (Å²) in [6.07, 6.45) is 14.1. The number of aromatic nitrogens is 4. The maximum atomic E-state index is 4.91. The molecule has 4 aromatic rings. The van der Waals surface area contributed by atoms with E-state index in [1.807, 2.05) is 54.7 Å². The monoisotopic (exact) mass is 524 g/mol. The van der Waals surface area contributed by atoms with Gasteiger partial charge in [-0.2, -0.15) is 0 Å². The lowest BCUT2D eigenvalue weighted by atomic mass is 9.99. The summed E-state index contributed by atoms with van der Waals surface area (Å²) in [5.41, 5.74) is 8.33. The van der Waals surface area contributed by atoms with Crippen molar-refractivity contribution >= 4 is 11.1 Å². The Morgan fingerprint density at radius 1 is 0.825 bits per heavy atom. The van der Waals surface area contributed by atoms with Crippen LogP contribution in [0.15, 0.2) is 122 Å². The molecule has 0 amide bonds. The third-order valence-corrected chi connectivity index (χ3v) is 6.50. The largest absolute Gasteiger partial charge is 0.261 e. The Morgan fingerprint density at radius 3 is 2.23 bits per heavy atom. The Labute approximate surface area is 238 Å². The van der Waals surface area contributed by atoms with Crippen LogP contribution >= 0.6 is 0 Å². The Balaban J connectivity index is 1.76. The lowest BCUT2D eigenvalue weighted by Gasteiger charge is -2.11. The molecule has 0 saturated carbocycles. The average molecular weight is 525 g/mol. The fourth-order valence-corrected chi connectivity index (χ4v) is 4.15. The number of nitrogens with zero attached hydrogens (tertiary/aromatic N) is 4. The van der Waals surface area contributed by atoms with Crippen LogP contribution in [0.5, 0.6) is 0 Å². The molecule has 0 saturated heterocycles. The Kier molecular flexibility index (Phi) is 9.48. The molecule has 0 radical (unpaired) electrons. The topological polar surface area (TPSA) is 51.6 Å². The quantitative estimate of drug-likeness (QED) is 0.205. The molecule has 0 unspecified atom stereocenters. The molecule has 200 valence electrons. The highest BCUT2D eigenvalue weighted by molar-refractivity contribution is 5.78. The summed E-state index contributed by atoms with van der Waals surface area (Å²) in [6, 6.07) is 22.6. The van der Waals surface area contributed by atoms with Gasteiger partial charge in [-0.1, -0.05) is 110 Å². The first-order chi connectivity index (χ1) is 19.4. The molecular weight excluding hydrogens is 488 g/mol. The summed E-state index contributed by atoms with van der Waals surface area (Å²) in [7, 11) is 0.